The minimum atomic E-state index is 0.556. The maximum absolute atomic E-state index is 8.85. The summed E-state index contributed by atoms with van der Waals surface area (Å²) in [7, 11) is 2.18. The molecule has 1 aromatic rings. The van der Waals surface area contributed by atoms with Gasteiger partial charge in [0.1, 0.15) is 0 Å². The average molecular weight is 278 g/mol. The minimum Gasteiger partial charge on any atom is -0.298 e. The molecule has 2 rings (SSSR count). The summed E-state index contributed by atoms with van der Waals surface area (Å²) in [4.78, 5) is 4.85. The summed E-state index contributed by atoms with van der Waals surface area (Å²) in [6.45, 7) is 7.47. The van der Waals surface area contributed by atoms with Crippen LogP contribution in [0.1, 0.15) is 25.0 Å². The first-order chi connectivity index (χ1) is 9.01. The molecule has 0 N–H and O–H groups in total. The predicted octanol–water partition coefficient (Wildman–Crippen LogP) is 2.74. The summed E-state index contributed by atoms with van der Waals surface area (Å²) in [6, 6.07) is 8.78. The fourth-order valence-corrected chi connectivity index (χ4v) is 2.87. The lowest BCUT2D eigenvalue weighted by Gasteiger charge is -2.42. The molecule has 19 heavy (non-hydrogen) atoms. The van der Waals surface area contributed by atoms with Crippen LogP contribution in [0, 0.1) is 11.3 Å². The Balaban J connectivity index is 2.08. The minimum absolute atomic E-state index is 0.556. The Labute approximate surface area is 120 Å². The normalized spacial score (nSPS) is 25.2. The van der Waals surface area contributed by atoms with E-state index < -0.39 is 0 Å². The Morgan fingerprint density at radius 3 is 2.47 bits per heavy atom. The maximum Gasteiger partial charge on any atom is 0.0992 e. The van der Waals surface area contributed by atoms with Crippen LogP contribution in [-0.2, 0) is 6.54 Å². The van der Waals surface area contributed by atoms with E-state index in [9.17, 15) is 0 Å². The van der Waals surface area contributed by atoms with E-state index in [1.807, 2.05) is 12.1 Å². The number of likely N-dealkylation sites (N-methyl/N-ethyl adjacent to an activating group) is 1. The largest absolute Gasteiger partial charge is 0.298 e. The lowest BCUT2D eigenvalue weighted by Crippen LogP contribution is -2.54. The highest BCUT2D eigenvalue weighted by atomic mass is 35.5. The van der Waals surface area contributed by atoms with Gasteiger partial charge < -0.3 is 0 Å². The first-order valence-electron chi connectivity index (χ1n) is 6.64. The maximum atomic E-state index is 8.85. The van der Waals surface area contributed by atoms with E-state index in [1.54, 1.807) is 6.07 Å². The summed E-state index contributed by atoms with van der Waals surface area (Å²) in [5.74, 6) is 0. The van der Waals surface area contributed by atoms with Gasteiger partial charge in [-0.05, 0) is 38.6 Å². The molecule has 0 amide bonds. The van der Waals surface area contributed by atoms with E-state index >= 15 is 0 Å². The molecule has 1 aliphatic rings. The monoisotopic (exact) mass is 277 g/mol. The van der Waals surface area contributed by atoms with E-state index in [4.69, 9.17) is 16.9 Å². The van der Waals surface area contributed by atoms with E-state index in [-0.39, 0.29) is 0 Å². The number of nitriles is 1. The van der Waals surface area contributed by atoms with Crippen molar-refractivity contribution in [3.63, 3.8) is 0 Å². The van der Waals surface area contributed by atoms with Crippen molar-refractivity contribution in [2.45, 2.75) is 32.5 Å². The zero-order chi connectivity index (χ0) is 14.0. The number of nitrogens with zero attached hydrogens (tertiary/aromatic N) is 3. The van der Waals surface area contributed by atoms with Crippen molar-refractivity contribution in [2.24, 2.45) is 0 Å². The third kappa shape index (κ3) is 3.27. The number of hydrogen-bond acceptors (Lipinski definition) is 3. The number of piperazine rings is 1. The van der Waals surface area contributed by atoms with Gasteiger partial charge in [-0.1, -0.05) is 17.7 Å². The van der Waals surface area contributed by atoms with Crippen LogP contribution < -0.4 is 0 Å². The van der Waals surface area contributed by atoms with Gasteiger partial charge in [-0.25, -0.2) is 0 Å². The van der Waals surface area contributed by atoms with Crippen LogP contribution in [0.4, 0.5) is 0 Å². The second kappa shape index (κ2) is 5.92. The lowest BCUT2D eigenvalue weighted by atomic mass is 10.1. The van der Waals surface area contributed by atoms with E-state index in [0.717, 1.165) is 25.2 Å². The molecule has 0 aliphatic carbocycles. The fraction of sp³-hybridized carbons (Fsp3) is 0.533. The van der Waals surface area contributed by atoms with Gasteiger partial charge in [0, 0.05) is 36.7 Å². The van der Waals surface area contributed by atoms with Gasteiger partial charge >= 0.3 is 0 Å². The fourth-order valence-electron chi connectivity index (χ4n) is 2.63. The van der Waals surface area contributed by atoms with E-state index in [0.29, 0.717) is 22.7 Å². The Kier molecular flexibility index (Phi) is 4.46. The average Bonchev–Trinajstić information content (AvgIpc) is 2.38. The third-order valence-corrected chi connectivity index (χ3v) is 4.36. The highest BCUT2D eigenvalue weighted by Gasteiger charge is 2.26. The van der Waals surface area contributed by atoms with Crippen LogP contribution in [0.5, 0.6) is 0 Å². The molecular formula is C15H20ClN3. The van der Waals surface area contributed by atoms with E-state index in [1.165, 1.54) is 0 Å². The molecule has 0 bridgehead atoms. The molecule has 3 nitrogen and oxygen atoms in total. The summed E-state index contributed by atoms with van der Waals surface area (Å²) >= 11 is 6.24. The molecule has 1 aromatic carbocycles. The topological polar surface area (TPSA) is 30.3 Å². The molecule has 1 heterocycles. The van der Waals surface area contributed by atoms with Crippen molar-refractivity contribution in [3.8, 4) is 6.07 Å². The van der Waals surface area contributed by atoms with Crippen molar-refractivity contribution >= 4 is 11.6 Å². The summed E-state index contributed by atoms with van der Waals surface area (Å²) in [5, 5.41) is 9.54. The number of halogens is 1. The molecule has 102 valence electrons. The van der Waals surface area contributed by atoms with Gasteiger partial charge in [-0.3, -0.25) is 9.80 Å². The Morgan fingerprint density at radius 1 is 1.32 bits per heavy atom. The van der Waals surface area contributed by atoms with Crippen LogP contribution in [0.3, 0.4) is 0 Å². The number of benzene rings is 1. The molecule has 0 aromatic heterocycles. The van der Waals surface area contributed by atoms with Crippen LogP contribution in [0.2, 0.25) is 5.02 Å². The first-order valence-corrected chi connectivity index (χ1v) is 7.02. The Morgan fingerprint density at radius 2 is 1.95 bits per heavy atom. The highest BCUT2D eigenvalue weighted by Crippen LogP contribution is 2.22. The van der Waals surface area contributed by atoms with Crippen molar-refractivity contribution in [1.82, 2.24) is 9.80 Å². The smallest absolute Gasteiger partial charge is 0.0992 e. The molecule has 4 heteroatoms. The van der Waals surface area contributed by atoms with Crippen LogP contribution >= 0.6 is 11.6 Å². The van der Waals surface area contributed by atoms with Gasteiger partial charge in [0.2, 0.25) is 0 Å². The quantitative estimate of drug-likeness (QED) is 0.833. The molecular weight excluding hydrogens is 258 g/mol. The third-order valence-electron chi connectivity index (χ3n) is 4.01. The molecule has 0 saturated carbocycles. The molecule has 1 fully saturated rings. The number of hydrogen-bond donors (Lipinski definition) is 0. The van der Waals surface area contributed by atoms with Crippen molar-refractivity contribution in [3.05, 3.63) is 34.3 Å². The summed E-state index contributed by atoms with van der Waals surface area (Å²) in [6.07, 6.45) is 0. The predicted molar refractivity (Wildman–Crippen MR) is 78.1 cm³/mol. The second-order valence-electron chi connectivity index (χ2n) is 5.48. The molecule has 2 unspecified atom stereocenters. The molecule has 0 radical (unpaired) electrons. The Hall–Kier alpha value is -1.08. The van der Waals surface area contributed by atoms with Gasteiger partial charge in [0.25, 0.3) is 0 Å². The molecule has 0 spiro atoms. The Bertz CT molecular complexity index is 483. The molecule has 2 atom stereocenters. The first kappa shape index (κ1) is 14.3. The van der Waals surface area contributed by atoms with Gasteiger partial charge in [-0.15, -0.1) is 0 Å². The second-order valence-corrected chi connectivity index (χ2v) is 5.88. The van der Waals surface area contributed by atoms with Crippen LogP contribution in [0.25, 0.3) is 0 Å². The SMILES string of the molecule is CC1CN(Cc2ccc(C#N)cc2Cl)CC(C)N1C. The highest BCUT2D eigenvalue weighted by molar-refractivity contribution is 6.31. The van der Waals surface area contributed by atoms with Crippen molar-refractivity contribution in [2.75, 3.05) is 20.1 Å². The van der Waals surface area contributed by atoms with Gasteiger partial charge in [0.15, 0.2) is 0 Å². The molecule has 1 aliphatic heterocycles. The standard InChI is InChI=1S/C15H20ClN3/c1-11-8-19(9-12(2)18(11)3)10-14-5-4-13(7-17)6-15(14)16/h4-6,11-12H,8-10H2,1-3H3. The van der Waals surface area contributed by atoms with Crippen molar-refractivity contribution in [1.29, 1.82) is 5.26 Å². The van der Waals surface area contributed by atoms with E-state index in [2.05, 4.69) is 36.8 Å². The molecule has 1 saturated heterocycles. The zero-order valence-corrected chi connectivity index (χ0v) is 12.5. The lowest BCUT2D eigenvalue weighted by molar-refractivity contribution is 0.0556. The van der Waals surface area contributed by atoms with Gasteiger partial charge in [0.05, 0.1) is 11.6 Å². The number of rotatable bonds is 2. The van der Waals surface area contributed by atoms with Crippen molar-refractivity contribution < 1.29 is 0 Å². The summed E-state index contributed by atoms with van der Waals surface area (Å²) < 4.78 is 0. The van der Waals surface area contributed by atoms with Crippen LogP contribution in [0.15, 0.2) is 18.2 Å². The summed E-state index contributed by atoms with van der Waals surface area (Å²) in [5.41, 5.74) is 1.72. The van der Waals surface area contributed by atoms with Gasteiger partial charge in [-0.2, -0.15) is 5.26 Å². The zero-order valence-electron chi connectivity index (χ0n) is 11.7. The van der Waals surface area contributed by atoms with Crippen LogP contribution in [-0.4, -0.2) is 42.0 Å².